The van der Waals surface area contributed by atoms with E-state index in [2.05, 4.69) is 10.7 Å². The molecule has 0 saturated heterocycles. The van der Waals surface area contributed by atoms with E-state index in [4.69, 9.17) is 23.3 Å². The predicted octanol–water partition coefficient (Wildman–Crippen LogP) is -3.38. The quantitative estimate of drug-likeness (QED) is 0.189. The van der Waals surface area contributed by atoms with Crippen molar-refractivity contribution in [1.82, 2.24) is 0 Å². The molecule has 7 nitrogen and oxygen atoms in total. The summed E-state index contributed by atoms with van der Waals surface area (Å²) in [4.78, 5) is 3.16. The van der Waals surface area contributed by atoms with Gasteiger partial charge in [0.2, 0.25) is 0 Å². The lowest BCUT2D eigenvalue weighted by molar-refractivity contribution is -0.545. The lowest BCUT2D eigenvalue weighted by Gasteiger charge is -2.14. The number of hydrogen-bond donors (Lipinski definition) is 3. The maximum atomic E-state index is 8.52. The van der Waals surface area contributed by atoms with Crippen LogP contribution in [0.1, 0.15) is 32.1 Å². The van der Waals surface area contributed by atoms with Gasteiger partial charge in [-0.2, -0.15) is 0 Å². The minimum absolute atomic E-state index is 0.603. The molecule has 0 heterocycles. The maximum absolute atomic E-state index is 8.52. The van der Waals surface area contributed by atoms with Crippen molar-refractivity contribution >= 4 is 16.4 Å². The average Bonchev–Trinajstić information content (AvgIpc) is 2.01. The van der Waals surface area contributed by atoms with Crippen LogP contribution in [0.25, 0.3) is 0 Å². The predicted molar refractivity (Wildman–Crippen MR) is 50.4 cm³/mol. The van der Waals surface area contributed by atoms with Gasteiger partial charge < -0.3 is 9.11 Å². The monoisotopic (exact) mass is 239 g/mol. The molecule has 90 valence electrons. The second-order valence-corrected chi connectivity index (χ2v) is 4.23. The topological polar surface area (TPSA) is 148 Å². The molecule has 8 heteroatoms. The Labute approximate surface area is 89.1 Å². The zero-order chi connectivity index (χ0) is 11.9. The van der Waals surface area contributed by atoms with E-state index in [0.717, 1.165) is 0 Å². The molecule has 1 saturated carbocycles. The van der Waals surface area contributed by atoms with Crippen LogP contribution in [-0.2, 0) is 10.4 Å². The van der Waals surface area contributed by atoms with Gasteiger partial charge in [0.05, 0.1) is 6.04 Å². The zero-order valence-corrected chi connectivity index (χ0v) is 9.26. The summed E-state index contributed by atoms with van der Waals surface area (Å²) >= 11 is 0. The Morgan fingerprint density at radius 2 is 1.67 bits per heavy atom. The smallest absolute Gasteiger partial charge is 0.434 e. The Morgan fingerprint density at radius 3 is 2.00 bits per heavy atom. The standard InChI is InChI=1S/C7H15N3.H2O4S/c8-7(9)10-6-4-2-1-3-5-6;1-5(2,3)4/h6H,1-5H2,(H4,8,9,10);(H2,1,2,3,4). The molecule has 0 spiro atoms. The third kappa shape index (κ3) is 13.3. The summed E-state index contributed by atoms with van der Waals surface area (Å²) < 4.78 is 34.1. The molecule has 1 aliphatic carbocycles. The van der Waals surface area contributed by atoms with E-state index in [1.54, 1.807) is 0 Å². The van der Waals surface area contributed by atoms with E-state index < -0.39 is 10.4 Å². The first kappa shape index (κ1) is 14.3. The number of hydrogen-bond acceptors (Lipinski definition) is 4. The summed E-state index contributed by atoms with van der Waals surface area (Å²) in [6.07, 6.45) is 6.58. The average molecular weight is 239 g/mol. The van der Waals surface area contributed by atoms with Crippen LogP contribution in [0.2, 0.25) is 0 Å². The van der Waals surface area contributed by atoms with Gasteiger partial charge in [-0.3, -0.25) is 14.2 Å². The summed E-state index contributed by atoms with van der Waals surface area (Å²) in [6, 6.07) is 0.603. The normalized spacial score (nSPS) is 19.3. The van der Waals surface area contributed by atoms with Gasteiger partial charge in [-0.25, -0.2) is 10.7 Å². The fourth-order valence-electron chi connectivity index (χ4n) is 1.51. The fraction of sp³-hybridized carbons (Fsp3) is 0.857. The summed E-state index contributed by atoms with van der Waals surface area (Å²) in [5.41, 5.74) is 9.03. The van der Waals surface area contributed by atoms with Crippen molar-refractivity contribution in [2.24, 2.45) is 5.73 Å². The van der Waals surface area contributed by atoms with Crippen LogP contribution in [0.3, 0.4) is 0 Å². The second-order valence-electron chi connectivity index (χ2n) is 3.41. The molecule has 6 N–H and O–H groups in total. The molecule has 0 amide bonds. The summed E-state index contributed by atoms with van der Waals surface area (Å²) in [5, 5.41) is 0. The molecule has 0 aromatic heterocycles. The highest BCUT2D eigenvalue weighted by Gasteiger charge is 2.14. The van der Waals surface area contributed by atoms with Crippen LogP contribution in [0.15, 0.2) is 0 Å². The summed E-state index contributed by atoms with van der Waals surface area (Å²) in [7, 11) is -5.17. The van der Waals surface area contributed by atoms with E-state index in [0.29, 0.717) is 12.0 Å². The highest BCUT2D eigenvalue weighted by Crippen LogP contribution is 2.13. The molecular weight excluding hydrogens is 222 g/mol. The van der Waals surface area contributed by atoms with Gasteiger partial charge in [0.1, 0.15) is 0 Å². The molecule has 1 aliphatic rings. The Morgan fingerprint density at radius 1 is 1.27 bits per heavy atom. The summed E-state index contributed by atoms with van der Waals surface area (Å²) in [6.45, 7) is 0. The van der Waals surface area contributed by atoms with Crippen molar-refractivity contribution in [3.8, 4) is 0 Å². The summed E-state index contributed by atoms with van der Waals surface area (Å²) in [5.74, 6) is 0.618. The van der Waals surface area contributed by atoms with E-state index in [1.165, 1.54) is 32.1 Å². The number of quaternary nitrogens is 1. The first-order chi connectivity index (χ1) is 6.79. The molecular formula is C7H17N3O4S. The van der Waals surface area contributed by atoms with E-state index in [-0.39, 0.29) is 0 Å². The number of guanidine groups is 1. The fourth-order valence-corrected chi connectivity index (χ4v) is 1.51. The van der Waals surface area contributed by atoms with Crippen LogP contribution in [-0.4, -0.2) is 29.5 Å². The van der Waals surface area contributed by atoms with Crippen LogP contribution in [0.5, 0.6) is 0 Å². The molecule has 0 atom stereocenters. The van der Waals surface area contributed by atoms with Gasteiger partial charge in [-0.1, -0.05) is 6.42 Å². The van der Waals surface area contributed by atoms with Gasteiger partial charge in [-0.05, 0) is 25.7 Å². The minimum atomic E-state index is -5.17. The maximum Gasteiger partial charge on any atom is 0.434 e. The largest absolute Gasteiger partial charge is 0.759 e. The Kier molecular flexibility index (Phi) is 6.41. The number of rotatable bonds is 1. The van der Waals surface area contributed by atoms with Gasteiger partial charge in [-0.15, -0.1) is 0 Å². The lowest BCUT2D eigenvalue weighted by Crippen LogP contribution is -2.92. The van der Waals surface area contributed by atoms with Gasteiger partial charge in [0.15, 0.2) is 0 Å². The molecule has 0 aromatic carbocycles. The van der Waals surface area contributed by atoms with Crippen molar-refractivity contribution in [3.63, 3.8) is 0 Å². The number of nitrogens with one attached hydrogen (secondary N) is 1. The van der Waals surface area contributed by atoms with Crippen molar-refractivity contribution in [2.45, 2.75) is 38.1 Å². The number of nitrogens with two attached hydrogens (primary N) is 1. The Hall–Kier alpha value is -0.700. The van der Waals surface area contributed by atoms with Gasteiger partial charge in [0, 0.05) is 10.4 Å². The highest BCUT2D eigenvalue weighted by atomic mass is 32.3. The van der Waals surface area contributed by atoms with Crippen molar-refractivity contribution in [3.05, 3.63) is 0 Å². The molecule has 0 aromatic rings. The van der Waals surface area contributed by atoms with Gasteiger partial charge in [0.25, 0.3) is 0 Å². The highest BCUT2D eigenvalue weighted by molar-refractivity contribution is 7.79. The third-order valence-corrected chi connectivity index (χ3v) is 1.99. The van der Waals surface area contributed by atoms with E-state index in [1.807, 2.05) is 0 Å². The molecule has 15 heavy (non-hydrogen) atoms. The molecule has 1 fully saturated rings. The Balaban J connectivity index is 0.000000336. The minimum Gasteiger partial charge on any atom is -0.759 e. The van der Waals surface area contributed by atoms with Gasteiger partial charge >= 0.3 is 5.96 Å². The molecule has 0 unspecified atom stereocenters. The van der Waals surface area contributed by atoms with Crippen LogP contribution in [0.4, 0.5) is 0 Å². The lowest BCUT2D eigenvalue weighted by atomic mass is 9.96. The van der Waals surface area contributed by atoms with E-state index in [9.17, 15) is 0 Å². The first-order valence-corrected chi connectivity index (χ1v) is 6.00. The molecule has 1 rings (SSSR count). The van der Waals surface area contributed by atoms with Crippen LogP contribution >= 0.6 is 0 Å². The molecule has 0 aliphatic heterocycles. The van der Waals surface area contributed by atoms with Crippen molar-refractivity contribution < 1.29 is 28.2 Å². The van der Waals surface area contributed by atoms with E-state index >= 15 is 0 Å². The zero-order valence-electron chi connectivity index (χ0n) is 8.44. The SMILES string of the molecule is NC([NH3+])=[NH+]C1CCCCC1.O=S(=O)([O-])[O-]. The van der Waals surface area contributed by atoms with Crippen molar-refractivity contribution in [2.75, 3.05) is 0 Å². The Bertz CT molecular complexity index is 283. The molecule has 0 bridgehead atoms. The van der Waals surface area contributed by atoms with Crippen LogP contribution in [0, 0.1) is 0 Å². The third-order valence-electron chi connectivity index (χ3n) is 1.99. The molecule has 0 radical (unpaired) electrons. The van der Waals surface area contributed by atoms with Crippen molar-refractivity contribution in [1.29, 1.82) is 0 Å². The second kappa shape index (κ2) is 6.72. The first-order valence-electron chi connectivity index (χ1n) is 4.66. The van der Waals surface area contributed by atoms with Crippen LogP contribution < -0.4 is 16.5 Å².